The molecule has 2 aromatic rings. The number of benzene rings is 1. The van der Waals surface area contributed by atoms with E-state index in [2.05, 4.69) is 15.3 Å². The van der Waals surface area contributed by atoms with Gasteiger partial charge in [0.2, 0.25) is 5.91 Å². The number of nitrogens with zero attached hydrogens (tertiary/aromatic N) is 3. The van der Waals surface area contributed by atoms with Crippen LogP contribution in [0.15, 0.2) is 30.6 Å². The number of nitrogens with one attached hydrogen (secondary N) is 1. The van der Waals surface area contributed by atoms with Crippen LogP contribution in [0.1, 0.15) is 12.8 Å². The molecule has 0 spiro atoms. The third kappa shape index (κ3) is 3.15. The summed E-state index contributed by atoms with van der Waals surface area (Å²) < 4.78 is 37.8. The fourth-order valence-electron chi connectivity index (χ4n) is 2.71. The van der Waals surface area contributed by atoms with Crippen LogP contribution in [0, 0.1) is 0 Å². The number of carbonyl (C=O) groups is 2. The van der Waals surface area contributed by atoms with Gasteiger partial charge in [0.1, 0.15) is 6.04 Å². The van der Waals surface area contributed by atoms with Crippen molar-refractivity contribution < 1.29 is 22.8 Å². The van der Waals surface area contributed by atoms with Crippen LogP contribution >= 0.6 is 0 Å². The summed E-state index contributed by atoms with van der Waals surface area (Å²) in [6.07, 6.45) is -1.42. The second kappa shape index (κ2) is 6.06. The lowest BCUT2D eigenvalue weighted by atomic mass is 10.2. The van der Waals surface area contributed by atoms with Crippen molar-refractivity contribution in [3.05, 3.63) is 30.6 Å². The molecule has 1 unspecified atom stereocenters. The van der Waals surface area contributed by atoms with Gasteiger partial charge in [-0.25, -0.2) is 0 Å². The SMILES string of the molecule is O=C(Nc1ccc2nccnc2c1)C1CCCN1C(=O)C(F)(F)F. The Morgan fingerprint density at radius 1 is 1.17 bits per heavy atom. The zero-order valence-corrected chi connectivity index (χ0v) is 12.4. The highest BCUT2D eigenvalue weighted by atomic mass is 19.4. The Labute approximate surface area is 134 Å². The van der Waals surface area contributed by atoms with Crippen molar-refractivity contribution in [3.63, 3.8) is 0 Å². The lowest BCUT2D eigenvalue weighted by molar-refractivity contribution is -0.186. The van der Waals surface area contributed by atoms with Gasteiger partial charge in [-0.05, 0) is 31.0 Å². The van der Waals surface area contributed by atoms with E-state index in [4.69, 9.17) is 0 Å². The van der Waals surface area contributed by atoms with Gasteiger partial charge >= 0.3 is 12.1 Å². The predicted octanol–water partition coefficient (Wildman–Crippen LogP) is 2.12. The zero-order valence-electron chi connectivity index (χ0n) is 12.4. The van der Waals surface area contributed by atoms with E-state index < -0.39 is 24.0 Å². The predicted molar refractivity (Wildman–Crippen MR) is 79.0 cm³/mol. The van der Waals surface area contributed by atoms with E-state index in [1.165, 1.54) is 12.4 Å². The minimum absolute atomic E-state index is 0.0837. The lowest BCUT2D eigenvalue weighted by Crippen LogP contribution is -2.48. The Hall–Kier alpha value is -2.71. The minimum Gasteiger partial charge on any atom is -0.324 e. The van der Waals surface area contributed by atoms with Gasteiger partial charge in [-0.3, -0.25) is 19.6 Å². The molecule has 1 saturated heterocycles. The summed E-state index contributed by atoms with van der Waals surface area (Å²) in [7, 11) is 0. The number of alkyl halides is 3. The molecule has 0 bridgehead atoms. The number of carbonyl (C=O) groups excluding carboxylic acids is 2. The molecule has 3 rings (SSSR count). The second-order valence-electron chi connectivity index (χ2n) is 5.40. The molecule has 1 aromatic carbocycles. The molecule has 0 radical (unpaired) electrons. The smallest absolute Gasteiger partial charge is 0.324 e. The van der Waals surface area contributed by atoms with E-state index >= 15 is 0 Å². The topological polar surface area (TPSA) is 75.2 Å². The number of halogens is 3. The van der Waals surface area contributed by atoms with Crippen LogP contribution in [-0.2, 0) is 9.59 Å². The van der Waals surface area contributed by atoms with Crippen LogP contribution in [0.25, 0.3) is 11.0 Å². The summed E-state index contributed by atoms with van der Waals surface area (Å²) in [5.74, 6) is -2.63. The number of hydrogen-bond donors (Lipinski definition) is 1. The van der Waals surface area contributed by atoms with Gasteiger partial charge in [-0.1, -0.05) is 0 Å². The van der Waals surface area contributed by atoms with E-state index in [0.29, 0.717) is 28.0 Å². The molecule has 1 aliphatic rings. The standard InChI is InChI=1S/C15H13F3N4O2/c16-15(17,18)14(24)22-7-1-2-12(22)13(23)21-9-3-4-10-11(8-9)20-6-5-19-10/h3-6,8,12H,1-2,7H2,(H,21,23). The first-order chi connectivity index (χ1) is 11.4. The Morgan fingerprint density at radius 3 is 2.58 bits per heavy atom. The maximum Gasteiger partial charge on any atom is 0.471 e. The Balaban J connectivity index is 1.76. The highest BCUT2D eigenvalue weighted by Crippen LogP contribution is 2.26. The van der Waals surface area contributed by atoms with Crippen LogP contribution in [-0.4, -0.2) is 45.4 Å². The third-order valence-electron chi connectivity index (χ3n) is 3.80. The number of rotatable bonds is 2. The molecule has 24 heavy (non-hydrogen) atoms. The lowest BCUT2D eigenvalue weighted by Gasteiger charge is -2.24. The van der Waals surface area contributed by atoms with Crippen molar-refractivity contribution in [1.29, 1.82) is 0 Å². The highest BCUT2D eigenvalue weighted by Gasteiger charge is 2.47. The van der Waals surface area contributed by atoms with E-state index in [-0.39, 0.29) is 13.0 Å². The summed E-state index contributed by atoms with van der Waals surface area (Å²) in [4.78, 5) is 32.5. The van der Waals surface area contributed by atoms with Crippen molar-refractivity contribution in [1.82, 2.24) is 14.9 Å². The average Bonchev–Trinajstić information content (AvgIpc) is 3.02. The van der Waals surface area contributed by atoms with Crippen LogP contribution in [0.3, 0.4) is 0 Å². The summed E-state index contributed by atoms with van der Waals surface area (Å²) in [6.45, 7) is -0.0837. The van der Waals surface area contributed by atoms with Gasteiger partial charge in [0, 0.05) is 24.6 Å². The summed E-state index contributed by atoms with van der Waals surface area (Å²) in [5.41, 5.74) is 1.56. The Bertz CT molecular complexity index is 794. The number of likely N-dealkylation sites (tertiary alicyclic amines) is 1. The number of hydrogen-bond acceptors (Lipinski definition) is 4. The van der Waals surface area contributed by atoms with Gasteiger partial charge in [0.05, 0.1) is 11.0 Å². The first kappa shape index (κ1) is 16.2. The molecule has 1 fully saturated rings. The van der Waals surface area contributed by atoms with Gasteiger partial charge in [-0.2, -0.15) is 13.2 Å². The van der Waals surface area contributed by atoms with Crippen LogP contribution in [0.5, 0.6) is 0 Å². The summed E-state index contributed by atoms with van der Waals surface area (Å²) in [5, 5.41) is 2.54. The summed E-state index contributed by atoms with van der Waals surface area (Å²) in [6, 6.07) is 3.67. The third-order valence-corrected chi connectivity index (χ3v) is 3.80. The van der Waals surface area contributed by atoms with Crippen LogP contribution < -0.4 is 5.32 Å². The first-order valence-corrected chi connectivity index (χ1v) is 7.26. The van der Waals surface area contributed by atoms with Gasteiger partial charge in [-0.15, -0.1) is 0 Å². The second-order valence-corrected chi connectivity index (χ2v) is 5.40. The van der Waals surface area contributed by atoms with Crippen molar-refractivity contribution in [2.45, 2.75) is 25.1 Å². The molecule has 1 aromatic heterocycles. The molecule has 1 N–H and O–H groups in total. The van der Waals surface area contributed by atoms with E-state index in [9.17, 15) is 22.8 Å². The Kier molecular flexibility index (Phi) is 4.08. The first-order valence-electron chi connectivity index (χ1n) is 7.26. The Morgan fingerprint density at radius 2 is 1.88 bits per heavy atom. The normalized spacial score (nSPS) is 18.0. The van der Waals surface area contributed by atoms with Gasteiger partial charge < -0.3 is 10.2 Å². The summed E-state index contributed by atoms with van der Waals surface area (Å²) >= 11 is 0. The minimum atomic E-state index is -4.98. The number of aromatic nitrogens is 2. The van der Waals surface area contributed by atoms with Crippen molar-refractivity contribution >= 4 is 28.5 Å². The van der Waals surface area contributed by atoms with Crippen LogP contribution in [0.2, 0.25) is 0 Å². The molecule has 126 valence electrons. The number of amides is 2. The monoisotopic (exact) mass is 338 g/mol. The van der Waals surface area contributed by atoms with Crippen molar-refractivity contribution in [3.8, 4) is 0 Å². The quantitative estimate of drug-likeness (QED) is 0.910. The van der Waals surface area contributed by atoms with Gasteiger partial charge in [0.15, 0.2) is 0 Å². The molecule has 0 aliphatic carbocycles. The largest absolute Gasteiger partial charge is 0.471 e. The molecule has 9 heteroatoms. The van der Waals surface area contributed by atoms with E-state index in [1.54, 1.807) is 18.2 Å². The van der Waals surface area contributed by atoms with Gasteiger partial charge in [0.25, 0.3) is 0 Å². The number of anilines is 1. The van der Waals surface area contributed by atoms with E-state index in [0.717, 1.165) is 0 Å². The fraction of sp³-hybridized carbons (Fsp3) is 0.333. The number of fused-ring (bicyclic) bond motifs is 1. The molecular weight excluding hydrogens is 325 g/mol. The molecule has 2 amide bonds. The molecular formula is C15H13F3N4O2. The molecule has 2 heterocycles. The average molecular weight is 338 g/mol. The molecule has 0 saturated carbocycles. The van der Waals surface area contributed by atoms with Crippen molar-refractivity contribution in [2.75, 3.05) is 11.9 Å². The maximum absolute atomic E-state index is 12.6. The molecule has 1 aliphatic heterocycles. The zero-order chi connectivity index (χ0) is 17.3. The van der Waals surface area contributed by atoms with Crippen molar-refractivity contribution in [2.24, 2.45) is 0 Å². The molecule has 1 atom stereocenters. The maximum atomic E-state index is 12.6. The molecule has 6 nitrogen and oxygen atoms in total. The van der Waals surface area contributed by atoms with E-state index in [1.807, 2.05) is 0 Å². The fourth-order valence-corrected chi connectivity index (χ4v) is 2.71. The van der Waals surface area contributed by atoms with Crippen LogP contribution in [0.4, 0.5) is 18.9 Å². The highest BCUT2D eigenvalue weighted by molar-refractivity contribution is 5.99.